The highest BCUT2D eigenvalue weighted by Crippen LogP contribution is 2.34. The maximum Gasteiger partial charge on any atom is 0.248 e. The van der Waals surface area contributed by atoms with Crippen molar-refractivity contribution in [3.8, 4) is 5.75 Å². The first-order valence-electron chi connectivity index (χ1n) is 8.74. The lowest BCUT2D eigenvalue weighted by atomic mass is 9.92. The quantitative estimate of drug-likeness (QED) is 0.910. The lowest BCUT2D eigenvalue weighted by molar-refractivity contribution is -0.0361. The molecule has 2 aromatic rings. The monoisotopic (exact) mass is 349 g/mol. The van der Waals surface area contributed by atoms with Crippen molar-refractivity contribution in [1.29, 1.82) is 0 Å². The number of fused-ring (bicyclic) bond motifs is 1. The molecule has 1 N–H and O–H groups in total. The molecule has 0 spiro atoms. The van der Waals surface area contributed by atoms with E-state index in [-0.39, 0.29) is 25.0 Å². The molecular formula is C18H21F2N3O2. The van der Waals surface area contributed by atoms with Crippen molar-refractivity contribution in [1.82, 2.24) is 9.97 Å². The summed E-state index contributed by atoms with van der Waals surface area (Å²) in [5.74, 6) is -1.37. The van der Waals surface area contributed by atoms with E-state index in [0.717, 1.165) is 17.3 Å². The number of halogens is 2. The zero-order chi connectivity index (χ0) is 17.3. The first-order chi connectivity index (χ1) is 12.1. The standard InChI is InChI=1S/C18H21F2N3O2/c19-18(20)7-4-13(5-8-18)22-17-21-10-12-2-1-3-15(16(12)23-17)25-14-6-9-24-11-14/h1-3,10,13-14H,4-9,11H2,(H,21,22,23). The van der Waals surface area contributed by atoms with Crippen LogP contribution >= 0.6 is 0 Å². The molecule has 2 fully saturated rings. The minimum atomic E-state index is -2.53. The highest BCUT2D eigenvalue weighted by molar-refractivity contribution is 5.84. The SMILES string of the molecule is FC1(F)CCC(Nc2ncc3cccc(OC4CCOC4)c3n2)CC1. The summed E-state index contributed by atoms with van der Waals surface area (Å²) in [6.45, 7) is 1.30. The minimum absolute atomic E-state index is 0.0200. The van der Waals surface area contributed by atoms with Gasteiger partial charge in [-0.25, -0.2) is 18.7 Å². The van der Waals surface area contributed by atoms with Gasteiger partial charge in [-0.1, -0.05) is 12.1 Å². The average molecular weight is 349 g/mol. The number of ether oxygens (including phenoxy) is 2. The largest absolute Gasteiger partial charge is 0.486 e. The first kappa shape index (κ1) is 16.4. The lowest BCUT2D eigenvalue weighted by Gasteiger charge is -2.28. The molecule has 134 valence electrons. The summed E-state index contributed by atoms with van der Waals surface area (Å²) in [7, 11) is 0. The fraction of sp³-hybridized carbons (Fsp3) is 0.556. The summed E-state index contributed by atoms with van der Waals surface area (Å²) in [6.07, 6.45) is 3.31. The number of aromatic nitrogens is 2. The van der Waals surface area contributed by atoms with Crippen LogP contribution in [0.3, 0.4) is 0 Å². The molecule has 25 heavy (non-hydrogen) atoms. The third-order valence-electron chi connectivity index (χ3n) is 4.81. The summed E-state index contributed by atoms with van der Waals surface area (Å²) in [4.78, 5) is 8.89. The molecule has 0 radical (unpaired) electrons. The molecule has 0 amide bonds. The Balaban J connectivity index is 1.52. The molecule has 1 saturated heterocycles. The molecule has 7 heteroatoms. The van der Waals surface area contributed by atoms with Gasteiger partial charge in [0.05, 0.1) is 13.2 Å². The Hall–Kier alpha value is -2.02. The Morgan fingerprint density at radius 3 is 2.80 bits per heavy atom. The Bertz CT molecular complexity index is 740. The van der Waals surface area contributed by atoms with Crippen LogP contribution in [0.1, 0.15) is 32.1 Å². The Morgan fingerprint density at radius 2 is 2.04 bits per heavy atom. The van der Waals surface area contributed by atoms with E-state index in [1.807, 2.05) is 18.2 Å². The van der Waals surface area contributed by atoms with Crippen LogP contribution in [0, 0.1) is 0 Å². The third kappa shape index (κ3) is 3.81. The maximum absolute atomic E-state index is 13.3. The van der Waals surface area contributed by atoms with Gasteiger partial charge in [0.2, 0.25) is 11.9 Å². The normalized spacial score (nSPS) is 23.7. The van der Waals surface area contributed by atoms with Gasteiger partial charge in [0.1, 0.15) is 17.4 Å². The van der Waals surface area contributed by atoms with Crippen molar-refractivity contribution in [2.75, 3.05) is 18.5 Å². The van der Waals surface area contributed by atoms with E-state index in [2.05, 4.69) is 15.3 Å². The van der Waals surface area contributed by atoms with E-state index in [1.54, 1.807) is 6.20 Å². The molecule has 1 unspecified atom stereocenters. The van der Waals surface area contributed by atoms with Crippen LogP contribution in [0.2, 0.25) is 0 Å². The second kappa shape index (κ2) is 6.71. The number of nitrogens with zero attached hydrogens (tertiary/aromatic N) is 2. The van der Waals surface area contributed by atoms with Gasteiger partial charge in [-0.05, 0) is 18.9 Å². The summed E-state index contributed by atoms with van der Waals surface area (Å²) < 4.78 is 37.9. The van der Waals surface area contributed by atoms with Crippen LogP contribution in [0.5, 0.6) is 5.75 Å². The van der Waals surface area contributed by atoms with Crippen molar-refractivity contribution in [2.24, 2.45) is 0 Å². The van der Waals surface area contributed by atoms with Crippen molar-refractivity contribution < 1.29 is 18.3 Å². The summed E-state index contributed by atoms with van der Waals surface area (Å²) in [6, 6.07) is 5.71. The molecule has 1 aromatic heterocycles. The van der Waals surface area contributed by atoms with Crippen LogP contribution < -0.4 is 10.1 Å². The van der Waals surface area contributed by atoms with Crippen LogP contribution in [-0.4, -0.2) is 41.3 Å². The molecule has 2 aliphatic rings. The van der Waals surface area contributed by atoms with E-state index in [0.29, 0.717) is 37.8 Å². The van der Waals surface area contributed by atoms with Gasteiger partial charge in [0.25, 0.3) is 0 Å². The van der Waals surface area contributed by atoms with E-state index in [1.165, 1.54) is 0 Å². The van der Waals surface area contributed by atoms with Gasteiger partial charge in [0, 0.05) is 36.9 Å². The number of anilines is 1. The minimum Gasteiger partial charge on any atom is -0.486 e. The number of benzene rings is 1. The molecule has 1 aromatic carbocycles. The summed E-state index contributed by atoms with van der Waals surface area (Å²) in [5, 5.41) is 4.08. The molecule has 1 aliphatic heterocycles. The maximum atomic E-state index is 13.3. The average Bonchev–Trinajstić information content (AvgIpc) is 3.10. The Kier molecular flexibility index (Phi) is 4.41. The number of alkyl halides is 2. The first-order valence-corrected chi connectivity index (χ1v) is 8.74. The molecule has 0 bridgehead atoms. The molecule has 1 atom stereocenters. The molecule has 1 saturated carbocycles. The topological polar surface area (TPSA) is 56.3 Å². The molecule has 1 aliphatic carbocycles. The zero-order valence-corrected chi connectivity index (χ0v) is 13.9. The molecule has 4 rings (SSSR count). The van der Waals surface area contributed by atoms with Crippen molar-refractivity contribution in [3.05, 3.63) is 24.4 Å². The summed E-state index contributed by atoms with van der Waals surface area (Å²) in [5.41, 5.74) is 0.730. The van der Waals surface area contributed by atoms with Crippen molar-refractivity contribution in [3.63, 3.8) is 0 Å². The molecule has 5 nitrogen and oxygen atoms in total. The number of rotatable bonds is 4. The van der Waals surface area contributed by atoms with Crippen LogP contribution in [0.15, 0.2) is 24.4 Å². The fourth-order valence-electron chi connectivity index (χ4n) is 3.35. The summed E-state index contributed by atoms with van der Waals surface area (Å²) >= 11 is 0. The molecule has 2 heterocycles. The Morgan fingerprint density at radius 1 is 1.20 bits per heavy atom. The molecular weight excluding hydrogens is 328 g/mol. The van der Waals surface area contributed by atoms with Gasteiger partial charge in [-0.15, -0.1) is 0 Å². The number of hydrogen-bond donors (Lipinski definition) is 1. The predicted molar refractivity (Wildman–Crippen MR) is 90.2 cm³/mol. The highest BCUT2D eigenvalue weighted by Gasteiger charge is 2.35. The van der Waals surface area contributed by atoms with E-state index >= 15 is 0 Å². The number of hydrogen-bond acceptors (Lipinski definition) is 5. The van der Waals surface area contributed by atoms with E-state index in [9.17, 15) is 8.78 Å². The van der Waals surface area contributed by atoms with Gasteiger partial charge in [0.15, 0.2) is 0 Å². The second-order valence-electron chi connectivity index (χ2n) is 6.77. The van der Waals surface area contributed by atoms with Gasteiger partial charge in [-0.2, -0.15) is 0 Å². The lowest BCUT2D eigenvalue weighted by Crippen LogP contribution is -2.32. The Labute approximate surface area is 144 Å². The van der Waals surface area contributed by atoms with E-state index < -0.39 is 5.92 Å². The van der Waals surface area contributed by atoms with Crippen molar-refractivity contribution in [2.45, 2.75) is 50.2 Å². The highest BCUT2D eigenvalue weighted by atomic mass is 19.3. The fourth-order valence-corrected chi connectivity index (χ4v) is 3.35. The predicted octanol–water partition coefficient (Wildman–Crippen LogP) is 3.79. The van der Waals surface area contributed by atoms with Gasteiger partial charge in [-0.3, -0.25) is 0 Å². The third-order valence-corrected chi connectivity index (χ3v) is 4.81. The van der Waals surface area contributed by atoms with Gasteiger partial charge >= 0.3 is 0 Å². The van der Waals surface area contributed by atoms with E-state index in [4.69, 9.17) is 9.47 Å². The number of para-hydroxylation sites is 1. The van der Waals surface area contributed by atoms with Crippen LogP contribution in [0.4, 0.5) is 14.7 Å². The van der Waals surface area contributed by atoms with Crippen molar-refractivity contribution >= 4 is 16.9 Å². The zero-order valence-electron chi connectivity index (χ0n) is 13.9. The van der Waals surface area contributed by atoms with Crippen LogP contribution in [-0.2, 0) is 4.74 Å². The van der Waals surface area contributed by atoms with Crippen LogP contribution in [0.25, 0.3) is 10.9 Å². The second-order valence-corrected chi connectivity index (χ2v) is 6.77. The smallest absolute Gasteiger partial charge is 0.248 e. The van der Waals surface area contributed by atoms with Gasteiger partial charge < -0.3 is 14.8 Å². The number of nitrogens with one attached hydrogen (secondary N) is 1.